The van der Waals surface area contributed by atoms with Crippen molar-refractivity contribution < 1.29 is 64.3 Å². The maximum atomic E-state index is 13.4. The molecule has 17 nitrogen and oxygen atoms in total. The molecule has 0 saturated carbocycles. The summed E-state index contributed by atoms with van der Waals surface area (Å²) in [5.41, 5.74) is 1.42. The maximum absolute atomic E-state index is 13.4. The third-order valence-corrected chi connectivity index (χ3v) is 11.5. The number of hydrogen-bond acceptors (Lipinski definition) is 13. The fourth-order valence-corrected chi connectivity index (χ4v) is 9.03. The van der Waals surface area contributed by atoms with Crippen molar-refractivity contribution in [1.82, 2.24) is 9.80 Å². The van der Waals surface area contributed by atoms with Crippen LogP contribution in [0.1, 0.15) is 109 Å². The quantitative estimate of drug-likeness (QED) is 0.132. The number of imide groups is 2. The highest BCUT2D eigenvalue weighted by molar-refractivity contribution is 7.90. The Morgan fingerprint density at radius 1 is 0.667 bits per heavy atom. The molecule has 0 aliphatic carbocycles. The number of ether oxygens (including phenoxy) is 2. The fourth-order valence-electron chi connectivity index (χ4n) is 7.20. The molecule has 0 fully saturated rings. The van der Waals surface area contributed by atoms with Gasteiger partial charge in [-0.15, -0.1) is 0 Å². The number of benzene rings is 4. The van der Waals surface area contributed by atoms with Crippen LogP contribution in [-0.4, -0.2) is 104 Å². The van der Waals surface area contributed by atoms with Gasteiger partial charge < -0.3 is 25.2 Å². The van der Waals surface area contributed by atoms with E-state index in [-0.39, 0.29) is 70.5 Å². The van der Waals surface area contributed by atoms with Gasteiger partial charge in [-0.2, -0.15) is 0 Å². The molecular formula is C44H48N4O13S2. The molecule has 0 spiro atoms. The lowest BCUT2D eigenvalue weighted by molar-refractivity contribution is -0.115. The third-order valence-electron chi connectivity index (χ3n) is 9.69. The minimum atomic E-state index is -3.68. The van der Waals surface area contributed by atoms with Gasteiger partial charge in [0.15, 0.2) is 11.5 Å². The Balaban J connectivity index is 0.000000249. The van der Waals surface area contributed by atoms with E-state index in [2.05, 4.69) is 10.6 Å². The van der Waals surface area contributed by atoms with Crippen LogP contribution in [0.15, 0.2) is 72.8 Å². The molecule has 2 heterocycles. The minimum absolute atomic E-state index is 0.00464. The summed E-state index contributed by atoms with van der Waals surface area (Å²) in [4.78, 5) is 78.0. The number of aryl methyl sites for hydroxylation is 1. The molecule has 2 atom stereocenters. The Bertz CT molecular complexity index is 2850. The first-order valence-corrected chi connectivity index (χ1v) is 23.5. The van der Waals surface area contributed by atoms with E-state index in [4.69, 9.17) is 13.6 Å². The molecule has 6 rings (SSSR count). The summed E-state index contributed by atoms with van der Waals surface area (Å²) in [6.45, 7) is 4.18. The Morgan fingerprint density at radius 3 is 1.51 bits per heavy atom. The molecule has 0 aromatic heterocycles. The number of hydrogen-bond donors (Lipinski definition) is 3. The zero-order valence-corrected chi connectivity index (χ0v) is 36.8. The lowest BCUT2D eigenvalue weighted by atomic mass is 10.0. The number of fused-ring (bicyclic) bond motifs is 2. The summed E-state index contributed by atoms with van der Waals surface area (Å²) in [6, 6.07) is 15.2. The van der Waals surface area contributed by atoms with Crippen molar-refractivity contribution in [1.29, 1.82) is 0 Å². The Morgan fingerprint density at radius 2 is 1.10 bits per heavy atom. The summed E-state index contributed by atoms with van der Waals surface area (Å²) >= 11 is 0. The van der Waals surface area contributed by atoms with Gasteiger partial charge in [-0.05, 0) is 79.4 Å². The minimum Gasteiger partial charge on any atom is -0.504 e. The monoisotopic (exact) mass is 907 g/mol. The van der Waals surface area contributed by atoms with Gasteiger partial charge in [0.1, 0.15) is 25.4 Å². The molecule has 2 aliphatic heterocycles. The second kappa shape index (κ2) is 19.2. The highest BCUT2D eigenvalue weighted by Crippen LogP contribution is 2.40. The molecule has 0 bridgehead atoms. The van der Waals surface area contributed by atoms with E-state index >= 15 is 0 Å². The number of rotatable bonds is 15. The summed E-state index contributed by atoms with van der Waals surface area (Å²) in [5.74, 6) is -4.58. The van der Waals surface area contributed by atoms with Gasteiger partial charge in [-0.3, -0.25) is 38.6 Å². The Labute approximate surface area is 369 Å². The molecule has 4 aromatic carbocycles. The standard InChI is InChI=1S/C23H26N2O6S.C21H22N2O7S/c1-5-15-10-11-16(12-20(15)31-6-2)19(13-32(4,29)30)25-22(27)17-8-7-9-18(24-14(3)26)21(17)23(25)28;1-4-30-18-10-13(8-9-17(18)25)16(11-31(3,28)29)23-20(26)14-6-5-7-15(22-12(2)24)19(14)21(23)27/h7-12,19H,5-6,13H2,1-4H3,(H,24,26);5-10,16,25H,4,11H2,1-3H3,(H,22,24)/t19-;16-/m11/s1/i1D3;. The average molecular weight is 908 g/mol. The van der Waals surface area contributed by atoms with Crippen molar-refractivity contribution in [2.75, 3.05) is 47.9 Å². The summed E-state index contributed by atoms with van der Waals surface area (Å²) in [6.07, 6.45) is 1.73. The Hall–Kier alpha value is -6.60. The molecule has 19 heteroatoms. The first-order chi connectivity index (χ1) is 30.7. The van der Waals surface area contributed by atoms with E-state index in [1.54, 1.807) is 13.8 Å². The first-order valence-electron chi connectivity index (χ1n) is 20.9. The van der Waals surface area contributed by atoms with Gasteiger partial charge in [0.2, 0.25) is 11.8 Å². The fraction of sp³-hybridized carbons (Fsp3) is 0.318. The van der Waals surface area contributed by atoms with E-state index in [1.165, 1.54) is 86.6 Å². The highest BCUT2D eigenvalue weighted by Gasteiger charge is 2.45. The van der Waals surface area contributed by atoms with Crippen LogP contribution >= 0.6 is 0 Å². The van der Waals surface area contributed by atoms with Gasteiger partial charge in [0, 0.05) is 30.5 Å². The summed E-state index contributed by atoms with van der Waals surface area (Å²) in [5, 5.41) is 15.0. The number of nitrogens with zero attached hydrogens (tertiary/aromatic N) is 2. The zero-order valence-electron chi connectivity index (χ0n) is 38.2. The third kappa shape index (κ3) is 10.7. The van der Waals surface area contributed by atoms with Crippen molar-refractivity contribution in [2.24, 2.45) is 0 Å². The smallest absolute Gasteiger partial charge is 0.264 e. The number of carbonyl (C=O) groups is 6. The normalized spacial score (nSPS) is 15.2. The van der Waals surface area contributed by atoms with Crippen molar-refractivity contribution >= 4 is 66.5 Å². The van der Waals surface area contributed by atoms with Crippen LogP contribution in [0, 0.1) is 0 Å². The molecule has 4 aromatic rings. The number of sulfone groups is 2. The summed E-state index contributed by atoms with van der Waals surface area (Å²) < 4.78 is 82.6. The largest absolute Gasteiger partial charge is 0.504 e. The number of phenolic OH excluding ortho intramolecular Hbond substituents is 1. The molecule has 63 heavy (non-hydrogen) atoms. The second-order valence-corrected chi connectivity index (χ2v) is 19.0. The van der Waals surface area contributed by atoms with Crippen LogP contribution in [0.2, 0.25) is 0 Å². The first kappa shape index (κ1) is 43.1. The second-order valence-electron chi connectivity index (χ2n) is 14.6. The average Bonchev–Trinajstić information content (AvgIpc) is 3.61. The molecule has 3 N–H and O–H groups in total. The predicted octanol–water partition coefficient (Wildman–Crippen LogP) is 5.12. The number of nitrogens with one attached hydrogen (secondary N) is 2. The number of anilines is 2. The van der Waals surface area contributed by atoms with E-state index < -0.39 is 85.6 Å². The van der Waals surface area contributed by atoms with Crippen LogP contribution in [0.25, 0.3) is 0 Å². The highest BCUT2D eigenvalue weighted by atomic mass is 32.2. The number of phenols is 1. The molecule has 0 radical (unpaired) electrons. The van der Waals surface area contributed by atoms with Gasteiger partial charge in [-0.1, -0.05) is 37.2 Å². The van der Waals surface area contributed by atoms with E-state index in [1.807, 2.05) is 0 Å². The van der Waals surface area contributed by atoms with Crippen LogP contribution in [-0.2, 0) is 35.7 Å². The van der Waals surface area contributed by atoms with Crippen LogP contribution < -0.4 is 20.1 Å². The topological polar surface area (TPSA) is 240 Å². The zero-order chi connectivity index (χ0) is 49.1. The molecule has 334 valence electrons. The Kier molecular flexibility index (Phi) is 13.1. The predicted molar refractivity (Wildman–Crippen MR) is 234 cm³/mol. The SMILES string of the molecule is CCOc1cc([C@@H](CS(C)(=O)=O)N2C(=O)c3cccc(NC(C)=O)c3C2=O)ccc1O.[2H]C([2H])([2H])Cc1ccc([C@@H](CS(C)(=O)=O)N2C(=O)c3cccc(NC(C)=O)c3C2=O)cc1OCC. The van der Waals surface area contributed by atoms with Crippen molar-refractivity contribution in [3.05, 3.63) is 112 Å². The van der Waals surface area contributed by atoms with Crippen molar-refractivity contribution in [3.63, 3.8) is 0 Å². The number of amides is 6. The van der Waals surface area contributed by atoms with E-state index in [0.717, 1.165) is 22.3 Å². The van der Waals surface area contributed by atoms with Gasteiger partial charge in [-0.25, -0.2) is 16.8 Å². The molecule has 2 aliphatic rings. The summed E-state index contributed by atoms with van der Waals surface area (Å²) in [7, 11) is -7.31. The lowest BCUT2D eigenvalue weighted by Gasteiger charge is -2.27. The maximum Gasteiger partial charge on any atom is 0.264 e. The van der Waals surface area contributed by atoms with Crippen LogP contribution in [0.4, 0.5) is 11.4 Å². The van der Waals surface area contributed by atoms with Crippen LogP contribution in [0.5, 0.6) is 17.2 Å². The van der Waals surface area contributed by atoms with Gasteiger partial charge in [0.05, 0.1) is 70.4 Å². The van der Waals surface area contributed by atoms with Crippen molar-refractivity contribution in [2.45, 2.75) is 53.1 Å². The number of carbonyl (C=O) groups excluding carboxylic acids is 6. The van der Waals surface area contributed by atoms with E-state index in [9.17, 15) is 50.7 Å². The number of aromatic hydroxyl groups is 1. The molecule has 0 unspecified atom stereocenters. The lowest BCUT2D eigenvalue weighted by Crippen LogP contribution is -2.37. The van der Waals surface area contributed by atoms with Crippen LogP contribution in [0.3, 0.4) is 0 Å². The molecule has 0 saturated heterocycles. The molecule has 6 amide bonds. The van der Waals surface area contributed by atoms with E-state index in [0.29, 0.717) is 16.7 Å². The van der Waals surface area contributed by atoms with Crippen molar-refractivity contribution in [3.8, 4) is 17.2 Å². The molecular weight excluding hydrogens is 857 g/mol. The van der Waals surface area contributed by atoms with Gasteiger partial charge >= 0.3 is 0 Å². The van der Waals surface area contributed by atoms with Gasteiger partial charge in [0.25, 0.3) is 23.6 Å².